The van der Waals surface area contributed by atoms with E-state index < -0.39 is 11.0 Å². The highest BCUT2D eigenvalue weighted by molar-refractivity contribution is 6.12. The predicted octanol–water partition coefficient (Wildman–Crippen LogP) is 5.13. The highest BCUT2D eigenvalue weighted by atomic mass is 16.6. The standard InChI is InChI=1S/C23H18N2O4/c26-19-11-9-14(25(28)29)12-17(19)23-22-16(6-3-7-20(22)27)21-15-5-2-1-4-13(15)8-10-18(21)24-23/h1-2,4-5,8-12,23-24,26H,3,6-7H2/t23-/m0/s1. The molecular weight excluding hydrogens is 368 g/mol. The summed E-state index contributed by atoms with van der Waals surface area (Å²) in [5.41, 5.74) is 3.70. The number of carbonyl (C=O) groups excluding carboxylic acids is 1. The van der Waals surface area contributed by atoms with Crippen LogP contribution >= 0.6 is 0 Å². The molecule has 1 heterocycles. The molecule has 0 bridgehead atoms. The molecule has 0 aromatic heterocycles. The first-order valence-electron chi connectivity index (χ1n) is 9.57. The van der Waals surface area contributed by atoms with Crippen LogP contribution in [-0.2, 0) is 4.79 Å². The minimum absolute atomic E-state index is 0.0215. The Morgan fingerprint density at radius 3 is 2.72 bits per heavy atom. The fraction of sp³-hybridized carbons (Fsp3) is 0.174. The van der Waals surface area contributed by atoms with Crippen LogP contribution in [0.15, 0.2) is 60.2 Å². The second-order valence-corrected chi connectivity index (χ2v) is 7.46. The Morgan fingerprint density at radius 1 is 1.07 bits per heavy atom. The van der Waals surface area contributed by atoms with Crippen LogP contribution < -0.4 is 5.32 Å². The molecule has 0 saturated carbocycles. The molecule has 2 N–H and O–H groups in total. The van der Waals surface area contributed by atoms with E-state index in [-0.39, 0.29) is 17.2 Å². The molecule has 3 aromatic rings. The van der Waals surface area contributed by atoms with E-state index in [4.69, 9.17) is 0 Å². The van der Waals surface area contributed by atoms with E-state index in [1.807, 2.05) is 36.4 Å². The van der Waals surface area contributed by atoms with Crippen LogP contribution in [0.1, 0.15) is 36.4 Å². The largest absolute Gasteiger partial charge is 0.508 e. The van der Waals surface area contributed by atoms with E-state index in [2.05, 4.69) is 5.32 Å². The fourth-order valence-electron chi connectivity index (χ4n) is 4.52. The number of phenolic OH excluding ortho intramolecular Hbond substituents is 1. The molecule has 0 fully saturated rings. The lowest BCUT2D eigenvalue weighted by Gasteiger charge is -2.35. The number of nitrogens with zero attached hydrogens (tertiary/aromatic N) is 1. The Hall–Kier alpha value is -3.67. The Kier molecular flexibility index (Phi) is 3.87. The summed E-state index contributed by atoms with van der Waals surface area (Å²) in [6.07, 6.45) is 1.97. The molecule has 6 nitrogen and oxygen atoms in total. The van der Waals surface area contributed by atoms with Crippen molar-refractivity contribution in [3.05, 3.63) is 81.4 Å². The molecule has 0 spiro atoms. The number of anilines is 1. The minimum atomic E-state index is -0.619. The van der Waals surface area contributed by atoms with Gasteiger partial charge in [0.05, 0.1) is 11.0 Å². The van der Waals surface area contributed by atoms with Gasteiger partial charge in [0, 0.05) is 40.9 Å². The van der Waals surface area contributed by atoms with Gasteiger partial charge in [0.2, 0.25) is 0 Å². The summed E-state index contributed by atoms with van der Waals surface area (Å²) in [6.45, 7) is 0. The van der Waals surface area contributed by atoms with Gasteiger partial charge in [0.15, 0.2) is 5.78 Å². The van der Waals surface area contributed by atoms with Crippen LogP contribution in [0.4, 0.5) is 11.4 Å². The molecule has 144 valence electrons. The van der Waals surface area contributed by atoms with E-state index in [0.717, 1.165) is 40.4 Å². The quantitative estimate of drug-likeness (QED) is 0.471. The smallest absolute Gasteiger partial charge is 0.270 e. The Bertz CT molecular complexity index is 1230. The van der Waals surface area contributed by atoms with Crippen molar-refractivity contribution >= 4 is 33.5 Å². The molecule has 5 rings (SSSR count). The molecule has 29 heavy (non-hydrogen) atoms. The van der Waals surface area contributed by atoms with Gasteiger partial charge >= 0.3 is 0 Å². The van der Waals surface area contributed by atoms with Crippen molar-refractivity contribution in [1.29, 1.82) is 0 Å². The van der Waals surface area contributed by atoms with Crippen molar-refractivity contribution in [3.8, 4) is 5.75 Å². The maximum absolute atomic E-state index is 13.0. The lowest BCUT2D eigenvalue weighted by Crippen LogP contribution is -2.27. The van der Waals surface area contributed by atoms with E-state index >= 15 is 0 Å². The number of hydrogen-bond donors (Lipinski definition) is 2. The van der Waals surface area contributed by atoms with Crippen molar-refractivity contribution in [2.75, 3.05) is 5.32 Å². The van der Waals surface area contributed by atoms with Crippen molar-refractivity contribution in [3.63, 3.8) is 0 Å². The number of phenols is 1. The zero-order chi connectivity index (χ0) is 20.1. The van der Waals surface area contributed by atoms with Gasteiger partial charge in [-0.15, -0.1) is 0 Å². The third kappa shape index (κ3) is 2.68. The van der Waals surface area contributed by atoms with Crippen molar-refractivity contribution in [2.45, 2.75) is 25.3 Å². The number of aromatic hydroxyl groups is 1. The first-order valence-corrected chi connectivity index (χ1v) is 9.57. The zero-order valence-electron chi connectivity index (χ0n) is 15.5. The number of fused-ring (bicyclic) bond motifs is 4. The SMILES string of the molecule is O=C1CCCC2=C1[C@H](c1cc([N+](=O)[O-])ccc1O)Nc1ccc3ccccc3c12. The number of benzene rings is 3. The van der Waals surface area contributed by atoms with Crippen LogP contribution in [0.2, 0.25) is 0 Å². The summed E-state index contributed by atoms with van der Waals surface area (Å²) in [5, 5.41) is 27.3. The second kappa shape index (κ2) is 6.44. The summed E-state index contributed by atoms with van der Waals surface area (Å²) in [6, 6.07) is 15.4. The maximum atomic E-state index is 13.0. The Balaban J connectivity index is 1.78. The maximum Gasteiger partial charge on any atom is 0.270 e. The number of carbonyl (C=O) groups is 1. The van der Waals surface area contributed by atoms with E-state index in [9.17, 15) is 20.0 Å². The lowest BCUT2D eigenvalue weighted by atomic mass is 9.76. The molecule has 0 amide bonds. The molecule has 0 saturated heterocycles. The topological polar surface area (TPSA) is 92.5 Å². The second-order valence-electron chi connectivity index (χ2n) is 7.46. The van der Waals surface area contributed by atoms with E-state index in [1.165, 1.54) is 18.2 Å². The molecule has 1 atom stereocenters. The van der Waals surface area contributed by atoms with Crippen LogP contribution in [0.25, 0.3) is 16.3 Å². The molecule has 6 heteroatoms. The summed E-state index contributed by atoms with van der Waals surface area (Å²) < 4.78 is 0. The van der Waals surface area contributed by atoms with Gasteiger partial charge in [-0.05, 0) is 41.3 Å². The van der Waals surface area contributed by atoms with Crippen LogP contribution in [0.3, 0.4) is 0 Å². The van der Waals surface area contributed by atoms with Gasteiger partial charge in [-0.1, -0.05) is 30.3 Å². The average Bonchev–Trinajstić information content (AvgIpc) is 2.73. The molecule has 0 unspecified atom stereocenters. The van der Waals surface area contributed by atoms with Crippen molar-refractivity contribution in [2.24, 2.45) is 0 Å². The average molecular weight is 386 g/mol. The first-order chi connectivity index (χ1) is 14.0. The third-order valence-corrected chi connectivity index (χ3v) is 5.81. The molecule has 1 aliphatic carbocycles. The molecular formula is C23H18N2O4. The van der Waals surface area contributed by atoms with Gasteiger partial charge in [-0.25, -0.2) is 0 Å². The minimum Gasteiger partial charge on any atom is -0.508 e. The molecule has 0 radical (unpaired) electrons. The summed E-state index contributed by atoms with van der Waals surface area (Å²) in [5.74, 6) is -0.0456. The number of allylic oxidation sites excluding steroid dienone is 1. The van der Waals surface area contributed by atoms with Crippen molar-refractivity contribution < 1.29 is 14.8 Å². The number of nitro benzene ring substituents is 1. The van der Waals surface area contributed by atoms with Crippen LogP contribution in [-0.4, -0.2) is 15.8 Å². The number of non-ortho nitro benzene ring substituents is 1. The zero-order valence-corrected chi connectivity index (χ0v) is 15.5. The van der Waals surface area contributed by atoms with Crippen LogP contribution in [0.5, 0.6) is 5.75 Å². The summed E-state index contributed by atoms with van der Waals surface area (Å²) in [7, 11) is 0. The van der Waals surface area contributed by atoms with Gasteiger partial charge in [-0.2, -0.15) is 0 Å². The number of nitrogens with one attached hydrogen (secondary N) is 1. The molecule has 2 aliphatic rings. The van der Waals surface area contributed by atoms with E-state index in [0.29, 0.717) is 17.6 Å². The monoisotopic (exact) mass is 386 g/mol. The number of ketones is 1. The fourth-order valence-corrected chi connectivity index (χ4v) is 4.52. The first kappa shape index (κ1) is 17.4. The van der Waals surface area contributed by atoms with Crippen LogP contribution in [0, 0.1) is 10.1 Å². The highest BCUT2D eigenvalue weighted by Crippen LogP contribution is 2.49. The van der Waals surface area contributed by atoms with Gasteiger partial charge in [0.25, 0.3) is 5.69 Å². The number of Topliss-reactive ketones (excluding diaryl/α,β-unsaturated/α-hetero) is 1. The third-order valence-electron chi connectivity index (χ3n) is 5.81. The Morgan fingerprint density at radius 2 is 1.90 bits per heavy atom. The summed E-state index contributed by atoms with van der Waals surface area (Å²) >= 11 is 0. The highest BCUT2D eigenvalue weighted by Gasteiger charge is 2.36. The molecule has 1 aliphatic heterocycles. The normalized spacial score (nSPS) is 18.2. The summed E-state index contributed by atoms with van der Waals surface area (Å²) in [4.78, 5) is 23.7. The predicted molar refractivity (Wildman–Crippen MR) is 111 cm³/mol. The van der Waals surface area contributed by atoms with E-state index in [1.54, 1.807) is 0 Å². The Labute approximate surface area is 166 Å². The number of rotatable bonds is 2. The van der Waals surface area contributed by atoms with Gasteiger partial charge in [0.1, 0.15) is 5.75 Å². The van der Waals surface area contributed by atoms with Crippen molar-refractivity contribution in [1.82, 2.24) is 0 Å². The number of hydrogen-bond acceptors (Lipinski definition) is 5. The number of nitro groups is 1. The molecule has 3 aromatic carbocycles. The van der Waals surface area contributed by atoms with Gasteiger partial charge < -0.3 is 10.4 Å². The lowest BCUT2D eigenvalue weighted by molar-refractivity contribution is -0.384. The van der Waals surface area contributed by atoms with Gasteiger partial charge in [-0.3, -0.25) is 14.9 Å².